The molecule has 1 unspecified atom stereocenters. The first-order chi connectivity index (χ1) is 13.5. The number of nitrogens with one attached hydrogen (secondary N) is 2. The van der Waals surface area contributed by atoms with Crippen molar-refractivity contribution >= 4 is 23.3 Å². The van der Waals surface area contributed by atoms with Crippen LogP contribution in [0.5, 0.6) is 0 Å². The van der Waals surface area contributed by atoms with Gasteiger partial charge in [0, 0.05) is 19.5 Å². The Bertz CT molecular complexity index is 839. The van der Waals surface area contributed by atoms with E-state index >= 15 is 0 Å². The van der Waals surface area contributed by atoms with E-state index in [0.29, 0.717) is 30.9 Å². The molecule has 2 aromatic carbocycles. The van der Waals surface area contributed by atoms with Crippen LogP contribution in [0.1, 0.15) is 24.4 Å². The van der Waals surface area contributed by atoms with Gasteiger partial charge in [-0.3, -0.25) is 4.79 Å². The van der Waals surface area contributed by atoms with Crippen LogP contribution in [0.3, 0.4) is 0 Å². The number of urea groups is 1. The van der Waals surface area contributed by atoms with Gasteiger partial charge in [-0.1, -0.05) is 24.3 Å². The highest BCUT2D eigenvalue weighted by molar-refractivity contribution is 6.01. The van der Waals surface area contributed by atoms with Gasteiger partial charge in [0.1, 0.15) is 5.82 Å². The molecular weight excluding hydrogens is 359 g/mol. The van der Waals surface area contributed by atoms with Crippen molar-refractivity contribution in [3.63, 3.8) is 0 Å². The summed E-state index contributed by atoms with van der Waals surface area (Å²) in [4.78, 5) is 28.2. The van der Waals surface area contributed by atoms with Crippen LogP contribution >= 0.6 is 0 Å². The second-order valence-corrected chi connectivity index (χ2v) is 7.03. The fourth-order valence-electron chi connectivity index (χ4n) is 3.36. The van der Waals surface area contributed by atoms with E-state index in [1.165, 1.54) is 12.1 Å². The molecule has 1 heterocycles. The minimum atomic E-state index is -0.354. The maximum absolute atomic E-state index is 13.2. The monoisotopic (exact) mass is 384 g/mol. The minimum absolute atomic E-state index is 0.0682. The van der Waals surface area contributed by atoms with E-state index in [2.05, 4.69) is 10.6 Å². The van der Waals surface area contributed by atoms with Gasteiger partial charge in [0.2, 0.25) is 5.91 Å². The van der Waals surface area contributed by atoms with Crippen LogP contribution in [0.2, 0.25) is 0 Å². The number of hydrogen-bond donors (Lipinski definition) is 2. The molecule has 0 saturated carbocycles. The molecule has 28 heavy (non-hydrogen) atoms. The molecular formula is C21H25FN4O2. The fourth-order valence-corrected chi connectivity index (χ4v) is 3.36. The highest BCUT2D eigenvalue weighted by Crippen LogP contribution is 2.29. The van der Waals surface area contributed by atoms with Gasteiger partial charge in [0.05, 0.1) is 17.4 Å². The van der Waals surface area contributed by atoms with Crippen molar-refractivity contribution in [2.24, 2.45) is 0 Å². The predicted octanol–water partition coefficient (Wildman–Crippen LogP) is 3.38. The maximum Gasteiger partial charge on any atom is 0.319 e. The summed E-state index contributed by atoms with van der Waals surface area (Å²) < 4.78 is 13.2. The van der Waals surface area contributed by atoms with Crippen LogP contribution in [0.4, 0.5) is 20.6 Å². The molecule has 2 N–H and O–H groups in total. The third-order valence-corrected chi connectivity index (χ3v) is 4.85. The lowest BCUT2D eigenvalue weighted by Crippen LogP contribution is -2.37. The number of rotatable bonds is 6. The lowest BCUT2D eigenvalue weighted by Gasteiger charge is -2.25. The molecule has 0 aliphatic carbocycles. The normalized spacial score (nSPS) is 15.0. The Labute approximate surface area is 164 Å². The van der Waals surface area contributed by atoms with E-state index in [9.17, 15) is 14.0 Å². The zero-order chi connectivity index (χ0) is 20.1. The van der Waals surface area contributed by atoms with Crippen LogP contribution in [0.15, 0.2) is 48.5 Å². The molecule has 0 spiro atoms. The molecule has 1 atom stereocenters. The Hall–Kier alpha value is -2.93. The number of anilines is 2. The lowest BCUT2D eigenvalue weighted by molar-refractivity contribution is -0.117. The number of para-hydroxylation sites is 2. The first-order valence-electron chi connectivity index (χ1n) is 9.32. The molecule has 1 fully saturated rings. The van der Waals surface area contributed by atoms with E-state index in [1.54, 1.807) is 23.1 Å². The van der Waals surface area contributed by atoms with E-state index in [-0.39, 0.29) is 23.8 Å². The molecule has 148 valence electrons. The number of halogens is 1. The third-order valence-electron chi connectivity index (χ3n) is 4.85. The molecule has 0 radical (unpaired) electrons. The molecule has 3 rings (SSSR count). The van der Waals surface area contributed by atoms with Gasteiger partial charge in [-0.25, -0.2) is 9.18 Å². The summed E-state index contributed by atoms with van der Waals surface area (Å²) in [5.41, 5.74) is 2.22. The summed E-state index contributed by atoms with van der Waals surface area (Å²) in [6.45, 7) is 1.02. The quantitative estimate of drug-likeness (QED) is 0.803. The average Bonchev–Trinajstić information content (AvgIpc) is 3.09. The van der Waals surface area contributed by atoms with Crippen molar-refractivity contribution in [2.45, 2.75) is 18.9 Å². The van der Waals surface area contributed by atoms with E-state index < -0.39 is 0 Å². The topological polar surface area (TPSA) is 64.7 Å². The third kappa shape index (κ3) is 4.67. The van der Waals surface area contributed by atoms with E-state index in [4.69, 9.17) is 0 Å². The first-order valence-corrected chi connectivity index (χ1v) is 9.32. The molecule has 1 aliphatic heterocycles. The summed E-state index contributed by atoms with van der Waals surface area (Å²) in [6, 6.07) is 13.1. The Kier molecular flexibility index (Phi) is 6.26. The van der Waals surface area contributed by atoms with Gasteiger partial charge < -0.3 is 20.4 Å². The summed E-state index contributed by atoms with van der Waals surface area (Å²) in [7, 11) is 3.81. The predicted molar refractivity (Wildman–Crippen MR) is 108 cm³/mol. The fraction of sp³-hybridized carbons (Fsp3) is 0.333. The standard InChI is InChI=1S/C21H25FN4O2/c1-25(2)19(15-9-11-16(22)12-10-15)14-23-21(28)24-17-6-3-4-7-18(17)26-13-5-8-20(26)27/h3-4,6-7,9-12,19H,5,8,13-14H2,1-2H3,(H2,23,24,28). The van der Waals surface area contributed by atoms with Gasteiger partial charge in [0.15, 0.2) is 0 Å². The molecule has 2 aromatic rings. The SMILES string of the molecule is CN(C)C(CNC(=O)Nc1ccccc1N1CCCC1=O)c1ccc(F)cc1. The second kappa shape index (κ2) is 8.84. The van der Waals surface area contributed by atoms with Gasteiger partial charge in [-0.15, -0.1) is 0 Å². The number of likely N-dealkylation sites (N-methyl/N-ethyl adjacent to an activating group) is 1. The number of hydrogen-bond acceptors (Lipinski definition) is 3. The molecule has 6 nitrogen and oxygen atoms in total. The summed E-state index contributed by atoms with van der Waals surface area (Å²) >= 11 is 0. The maximum atomic E-state index is 13.2. The van der Waals surface area contributed by atoms with Gasteiger partial charge in [-0.05, 0) is 50.3 Å². The van der Waals surface area contributed by atoms with E-state index in [0.717, 1.165) is 12.0 Å². The average molecular weight is 384 g/mol. The number of amides is 3. The zero-order valence-electron chi connectivity index (χ0n) is 16.1. The highest BCUT2D eigenvalue weighted by atomic mass is 19.1. The largest absolute Gasteiger partial charge is 0.336 e. The van der Waals surface area contributed by atoms with Crippen molar-refractivity contribution in [1.82, 2.24) is 10.2 Å². The lowest BCUT2D eigenvalue weighted by atomic mass is 10.1. The van der Waals surface area contributed by atoms with Gasteiger partial charge in [-0.2, -0.15) is 0 Å². The molecule has 0 aromatic heterocycles. The number of carbonyl (C=O) groups excluding carboxylic acids is 2. The Balaban J connectivity index is 1.65. The van der Waals surface area contributed by atoms with Crippen molar-refractivity contribution in [2.75, 3.05) is 37.4 Å². The van der Waals surface area contributed by atoms with Crippen LogP contribution < -0.4 is 15.5 Å². The van der Waals surface area contributed by atoms with Crippen LogP contribution in [0.25, 0.3) is 0 Å². The van der Waals surface area contributed by atoms with Crippen molar-refractivity contribution in [3.8, 4) is 0 Å². The number of benzene rings is 2. The Morgan fingerprint density at radius 2 is 1.89 bits per heavy atom. The van der Waals surface area contributed by atoms with Crippen LogP contribution in [-0.2, 0) is 4.79 Å². The smallest absolute Gasteiger partial charge is 0.319 e. The molecule has 1 aliphatic rings. The minimum Gasteiger partial charge on any atom is -0.336 e. The molecule has 3 amide bonds. The van der Waals surface area contributed by atoms with Crippen molar-refractivity contribution < 1.29 is 14.0 Å². The van der Waals surface area contributed by atoms with Crippen LogP contribution in [0, 0.1) is 5.82 Å². The zero-order valence-corrected chi connectivity index (χ0v) is 16.1. The van der Waals surface area contributed by atoms with Crippen LogP contribution in [-0.4, -0.2) is 44.0 Å². The van der Waals surface area contributed by atoms with E-state index in [1.807, 2.05) is 37.2 Å². The van der Waals surface area contributed by atoms with Gasteiger partial charge >= 0.3 is 6.03 Å². The molecule has 1 saturated heterocycles. The van der Waals surface area contributed by atoms with Gasteiger partial charge in [0.25, 0.3) is 0 Å². The first kappa shape index (κ1) is 19.8. The Morgan fingerprint density at radius 3 is 2.54 bits per heavy atom. The molecule has 0 bridgehead atoms. The number of carbonyl (C=O) groups is 2. The highest BCUT2D eigenvalue weighted by Gasteiger charge is 2.24. The summed E-state index contributed by atoms with van der Waals surface area (Å²) in [5, 5.41) is 5.71. The van der Waals surface area contributed by atoms with Crippen molar-refractivity contribution in [3.05, 3.63) is 59.9 Å². The number of nitrogens with zero attached hydrogens (tertiary/aromatic N) is 2. The summed E-state index contributed by atoms with van der Waals surface area (Å²) in [5.74, 6) is -0.223. The summed E-state index contributed by atoms with van der Waals surface area (Å²) in [6.07, 6.45) is 1.35. The van der Waals surface area contributed by atoms with Crippen molar-refractivity contribution in [1.29, 1.82) is 0 Å². The Morgan fingerprint density at radius 1 is 1.18 bits per heavy atom. The second-order valence-electron chi connectivity index (χ2n) is 7.03. The molecule has 7 heteroatoms.